The number of nitrogens with zero attached hydrogens (tertiary/aromatic N) is 3. The van der Waals surface area contributed by atoms with Crippen LogP contribution in [0.5, 0.6) is 0 Å². The van der Waals surface area contributed by atoms with Crippen molar-refractivity contribution < 1.29 is 18.0 Å². The lowest BCUT2D eigenvalue weighted by Gasteiger charge is -2.33. The van der Waals surface area contributed by atoms with Gasteiger partial charge in [0.1, 0.15) is 5.65 Å². The van der Waals surface area contributed by atoms with Crippen molar-refractivity contribution in [2.24, 2.45) is 5.92 Å². The van der Waals surface area contributed by atoms with Crippen LogP contribution in [0.15, 0.2) is 67.1 Å². The van der Waals surface area contributed by atoms with Crippen molar-refractivity contribution in [1.29, 1.82) is 0 Å². The minimum atomic E-state index is -4.60. The van der Waals surface area contributed by atoms with Gasteiger partial charge in [-0.3, -0.25) is 14.7 Å². The Morgan fingerprint density at radius 1 is 1.02 bits per heavy atom. The molecule has 0 bridgehead atoms. The zero-order valence-corrected chi connectivity index (χ0v) is 21.9. The van der Waals surface area contributed by atoms with Gasteiger partial charge in [0.05, 0.1) is 17.0 Å². The van der Waals surface area contributed by atoms with E-state index in [9.17, 15) is 18.0 Å². The number of H-pyrrole nitrogens is 1. The first-order valence-electron chi connectivity index (χ1n) is 13.4. The summed E-state index contributed by atoms with van der Waals surface area (Å²) in [5, 5.41) is 7.27. The molecule has 0 unspecified atom stereocenters. The molecule has 1 aromatic carbocycles. The number of anilines is 2. The third-order valence-corrected chi connectivity index (χ3v) is 7.57. The van der Waals surface area contributed by atoms with E-state index >= 15 is 0 Å². The Hall–Kier alpha value is -4.18. The number of carbonyl (C=O) groups excluding carboxylic acids is 1. The van der Waals surface area contributed by atoms with E-state index in [1.165, 1.54) is 11.0 Å². The highest BCUT2D eigenvalue weighted by molar-refractivity contribution is 6.08. The SMILES string of the molecule is C[C@H]1CC=C(c2cc(-c3cnc4[nH]ccc4c3)ccn2)N(c2ccc(NC3CCNCC3)c(C(F)(F)F)c2)C1=O. The van der Waals surface area contributed by atoms with Gasteiger partial charge in [0.2, 0.25) is 5.91 Å². The molecular weight excluding hydrogens is 517 g/mol. The van der Waals surface area contributed by atoms with Gasteiger partial charge in [0.25, 0.3) is 0 Å². The van der Waals surface area contributed by atoms with Gasteiger partial charge in [-0.05, 0) is 80.4 Å². The number of halogens is 3. The number of pyridine rings is 2. The van der Waals surface area contributed by atoms with Gasteiger partial charge < -0.3 is 15.6 Å². The van der Waals surface area contributed by atoms with Crippen molar-refractivity contribution in [1.82, 2.24) is 20.3 Å². The zero-order chi connectivity index (χ0) is 27.9. The van der Waals surface area contributed by atoms with Crippen LogP contribution in [-0.4, -0.2) is 40.0 Å². The Morgan fingerprint density at radius 2 is 1.85 bits per heavy atom. The minimum absolute atomic E-state index is 0.0268. The monoisotopic (exact) mass is 546 g/mol. The number of benzene rings is 1. The number of piperidine rings is 1. The largest absolute Gasteiger partial charge is 0.418 e. The van der Waals surface area contributed by atoms with E-state index in [4.69, 9.17) is 0 Å². The first-order chi connectivity index (χ1) is 19.3. The normalized spacial score (nSPS) is 18.7. The maximum absolute atomic E-state index is 14.3. The first-order valence-corrected chi connectivity index (χ1v) is 13.4. The predicted octanol–water partition coefficient (Wildman–Crippen LogP) is 6.22. The van der Waals surface area contributed by atoms with Crippen molar-refractivity contribution in [3.8, 4) is 11.1 Å². The van der Waals surface area contributed by atoms with E-state index in [-0.39, 0.29) is 29.2 Å². The van der Waals surface area contributed by atoms with Gasteiger partial charge >= 0.3 is 6.18 Å². The van der Waals surface area contributed by atoms with E-state index in [0.29, 0.717) is 17.8 Å². The van der Waals surface area contributed by atoms with Crippen LogP contribution in [-0.2, 0) is 11.0 Å². The van der Waals surface area contributed by atoms with Crippen LogP contribution >= 0.6 is 0 Å². The Bertz CT molecular complexity index is 1590. The average Bonchev–Trinajstić information content (AvgIpc) is 3.43. The molecule has 40 heavy (non-hydrogen) atoms. The summed E-state index contributed by atoms with van der Waals surface area (Å²) < 4.78 is 42.8. The summed E-state index contributed by atoms with van der Waals surface area (Å²) in [6.07, 6.45) is 4.43. The minimum Gasteiger partial charge on any atom is -0.382 e. The topological polar surface area (TPSA) is 85.9 Å². The fourth-order valence-corrected chi connectivity index (χ4v) is 5.37. The molecule has 0 saturated carbocycles. The summed E-state index contributed by atoms with van der Waals surface area (Å²) in [5.74, 6) is -0.652. The summed E-state index contributed by atoms with van der Waals surface area (Å²) in [5.41, 5.74) is 2.84. The van der Waals surface area contributed by atoms with E-state index in [0.717, 1.165) is 54.2 Å². The lowest BCUT2D eigenvalue weighted by Crippen LogP contribution is -2.37. The highest BCUT2D eigenvalue weighted by Crippen LogP contribution is 2.41. The molecule has 1 saturated heterocycles. The standard InChI is InChI=1S/C30H29F3N6O/c1-18-2-5-27(26-15-19(6-12-35-26)21-14-20-7-13-36-28(20)37-17-21)39(29(18)40)23-3-4-25(24(16-23)30(31,32)33)38-22-8-10-34-11-9-22/h3-7,12-18,22,34,38H,2,8-11H2,1H3,(H,36,37)/t18-/m0/s1. The number of aromatic amines is 1. The van der Waals surface area contributed by atoms with Crippen LogP contribution < -0.4 is 15.5 Å². The number of amides is 1. The molecule has 0 radical (unpaired) electrons. The number of alkyl halides is 3. The van der Waals surface area contributed by atoms with Crippen molar-refractivity contribution in [3.05, 3.63) is 78.4 Å². The number of hydrogen-bond acceptors (Lipinski definition) is 5. The molecule has 2 aliphatic heterocycles. The number of rotatable bonds is 5. The van der Waals surface area contributed by atoms with E-state index in [2.05, 4.69) is 25.6 Å². The molecule has 1 amide bonds. The number of hydrogen-bond donors (Lipinski definition) is 3. The average molecular weight is 547 g/mol. The number of carbonyl (C=O) groups is 1. The molecule has 206 valence electrons. The van der Waals surface area contributed by atoms with Crippen LogP contribution in [0.25, 0.3) is 27.9 Å². The summed E-state index contributed by atoms with van der Waals surface area (Å²) in [6, 6.07) is 11.7. The molecular formula is C30H29F3N6O. The van der Waals surface area contributed by atoms with Crippen LogP contribution in [0.4, 0.5) is 24.5 Å². The maximum atomic E-state index is 14.3. The lowest BCUT2D eigenvalue weighted by atomic mass is 9.96. The molecule has 1 fully saturated rings. The van der Waals surface area contributed by atoms with Crippen molar-refractivity contribution in [2.45, 2.75) is 38.4 Å². The Morgan fingerprint density at radius 3 is 2.65 bits per heavy atom. The Kier molecular flexibility index (Phi) is 6.79. The molecule has 3 N–H and O–H groups in total. The summed E-state index contributed by atoms with van der Waals surface area (Å²) in [4.78, 5) is 26.9. The molecule has 10 heteroatoms. The van der Waals surface area contributed by atoms with Gasteiger partial charge in [-0.2, -0.15) is 13.2 Å². The quantitative estimate of drug-likeness (QED) is 0.277. The molecule has 5 heterocycles. The second-order valence-electron chi connectivity index (χ2n) is 10.4. The van der Waals surface area contributed by atoms with E-state index < -0.39 is 11.7 Å². The van der Waals surface area contributed by atoms with Gasteiger partial charge in [-0.25, -0.2) is 4.98 Å². The predicted molar refractivity (Wildman–Crippen MR) is 150 cm³/mol. The zero-order valence-electron chi connectivity index (χ0n) is 21.9. The van der Waals surface area contributed by atoms with Crippen molar-refractivity contribution in [2.75, 3.05) is 23.3 Å². The fourth-order valence-electron chi connectivity index (χ4n) is 5.37. The number of allylic oxidation sites excluding steroid dienone is 1. The highest BCUT2D eigenvalue weighted by atomic mass is 19.4. The van der Waals surface area contributed by atoms with Crippen LogP contribution in [0, 0.1) is 5.92 Å². The smallest absolute Gasteiger partial charge is 0.382 e. The number of fused-ring (bicyclic) bond motifs is 1. The number of aromatic nitrogens is 3. The molecule has 2 aliphatic rings. The van der Waals surface area contributed by atoms with Crippen molar-refractivity contribution >= 4 is 34.0 Å². The van der Waals surface area contributed by atoms with Gasteiger partial charge in [0, 0.05) is 52.9 Å². The maximum Gasteiger partial charge on any atom is 0.418 e. The summed E-state index contributed by atoms with van der Waals surface area (Å²) >= 11 is 0. The Labute approximate surface area is 229 Å². The first kappa shape index (κ1) is 26.1. The molecule has 6 rings (SSSR count). The fraction of sp³-hybridized carbons (Fsp3) is 0.300. The van der Waals surface area contributed by atoms with Crippen molar-refractivity contribution in [3.63, 3.8) is 0 Å². The highest BCUT2D eigenvalue weighted by Gasteiger charge is 2.37. The third kappa shape index (κ3) is 5.06. The van der Waals surface area contributed by atoms with Crippen LogP contribution in [0.2, 0.25) is 0 Å². The van der Waals surface area contributed by atoms with Crippen LogP contribution in [0.1, 0.15) is 37.4 Å². The molecule has 0 aliphatic carbocycles. The summed E-state index contributed by atoms with van der Waals surface area (Å²) in [7, 11) is 0. The third-order valence-electron chi connectivity index (χ3n) is 7.57. The molecule has 7 nitrogen and oxygen atoms in total. The van der Waals surface area contributed by atoms with Crippen LogP contribution in [0.3, 0.4) is 0 Å². The molecule has 1 atom stereocenters. The second kappa shape index (κ2) is 10.4. The van der Waals surface area contributed by atoms with E-state index in [1.54, 1.807) is 25.4 Å². The number of nitrogens with one attached hydrogen (secondary N) is 3. The molecule has 4 aromatic rings. The van der Waals surface area contributed by atoms with Gasteiger partial charge in [-0.15, -0.1) is 0 Å². The molecule has 0 spiro atoms. The van der Waals surface area contributed by atoms with E-state index in [1.807, 2.05) is 36.5 Å². The lowest BCUT2D eigenvalue weighted by molar-refractivity contribution is -0.137. The second-order valence-corrected chi connectivity index (χ2v) is 10.4. The Balaban J connectivity index is 1.38. The van der Waals surface area contributed by atoms with Gasteiger partial charge in [0.15, 0.2) is 0 Å². The summed E-state index contributed by atoms with van der Waals surface area (Å²) in [6.45, 7) is 3.29. The van der Waals surface area contributed by atoms with Gasteiger partial charge in [-0.1, -0.05) is 13.0 Å². The molecule has 3 aromatic heterocycles.